The van der Waals surface area contributed by atoms with Gasteiger partial charge in [-0.2, -0.15) is 0 Å². The number of ether oxygens (including phenoxy) is 3. The lowest BCUT2D eigenvalue weighted by Gasteiger charge is -2.30. The molecule has 0 saturated carbocycles. The Morgan fingerprint density at radius 3 is 2.32 bits per heavy atom. The molecule has 22 heavy (non-hydrogen) atoms. The van der Waals surface area contributed by atoms with Crippen LogP contribution in [0.15, 0.2) is 24.3 Å². The van der Waals surface area contributed by atoms with Crippen LogP contribution < -0.4 is 4.74 Å². The van der Waals surface area contributed by atoms with Crippen molar-refractivity contribution in [3.63, 3.8) is 0 Å². The van der Waals surface area contributed by atoms with E-state index in [2.05, 4.69) is 6.92 Å². The van der Waals surface area contributed by atoms with Crippen molar-refractivity contribution in [1.82, 2.24) is 0 Å². The third-order valence-electron chi connectivity index (χ3n) is 3.77. The van der Waals surface area contributed by atoms with Gasteiger partial charge in [-0.1, -0.05) is 45.2 Å². The first-order valence-electron chi connectivity index (χ1n) is 8.04. The summed E-state index contributed by atoms with van der Waals surface area (Å²) in [5, 5.41) is 0. The fourth-order valence-electron chi connectivity index (χ4n) is 2.33. The van der Waals surface area contributed by atoms with Crippen LogP contribution in [0.1, 0.15) is 62.7 Å². The molecule has 0 spiro atoms. The van der Waals surface area contributed by atoms with Crippen molar-refractivity contribution in [1.29, 1.82) is 0 Å². The SMILES string of the molecule is CCCCCCC(=O)c1ccccc1OC(CC)(OC)OC. The highest BCUT2D eigenvalue weighted by Crippen LogP contribution is 2.27. The zero-order valence-electron chi connectivity index (χ0n) is 14.2. The normalized spacial score (nSPS) is 11.5. The molecule has 0 atom stereocenters. The molecule has 0 fully saturated rings. The molecule has 0 amide bonds. The number of rotatable bonds is 11. The van der Waals surface area contributed by atoms with Crippen molar-refractivity contribution in [2.24, 2.45) is 0 Å². The van der Waals surface area contributed by atoms with Gasteiger partial charge in [0.2, 0.25) is 0 Å². The van der Waals surface area contributed by atoms with E-state index in [1.54, 1.807) is 12.1 Å². The first-order chi connectivity index (χ1) is 10.6. The third kappa shape index (κ3) is 5.11. The average molecular weight is 308 g/mol. The lowest BCUT2D eigenvalue weighted by Crippen LogP contribution is -2.40. The number of hydrogen-bond donors (Lipinski definition) is 0. The molecule has 0 bridgehead atoms. The van der Waals surface area contributed by atoms with Gasteiger partial charge in [0.1, 0.15) is 5.75 Å². The van der Waals surface area contributed by atoms with Crippen molar-refractivity contribution >= 4 is 5.78 Å². The number of ketones is 1. The van der Waals surface area contributed by atoms with Crippen LogP contribution in [0, 0.1) is 0 Å². The molecule has 124 valence electrons. The molecule has 4 nitrogen and oxygen atoms in total. The molecule has 0 radical (unpaired) electrons. The van der Waals surface area contributed by atoms with Crippen molar-refractivity contribution in [2.45, 2.75) is 58.3 Å². The first-order valence-corrected chi connectivity index (χ1v) is 8.04. The summed E-state index contributed by atoms with van der Waals surface area (Å²) in [7, 11) is 3.06. The number of benzene rings is 1. The summed E-state index contributed by atoms with van der Waals surface area (Å²) < 4.78 is 16.5. The molecule has 1 rings (SSSR count). The molecule has 0 unspecified atom stereocenters. The van der Waals surface area contributed by atoms with E-state index in [1.165, 1.54) is 14.2 Å². The van der Waals surface area contributed by atoms with E-state index < -0.39 is 5.97 Å². The molecule has 0 heterocycles. The maximum atomic E-state index is 12.4. The van der Waals surface area contributed by atoms with E-state index in [4.69, 9.17) is 14.2 Å². The van der Waals surface area contributed by atoms with Crippen LogP contribution in [-0.2, 0) is 9.47 Å². The Morgan fingerprint density at radius 1 is 1.05 bits per heavy atom. The van der Waals surface area contributed by atoms with E-state index in [0.29, 0.717) is 24.2 Å². The summed E-state index contributed by atoms with van der Waals surface area (Å²) >= 11 is 0. The number of carbonyl (C=O) groups excluding carboxylic acids is 1. The van der Waals surface area contributed by atoms with Gasteiger partial charge in [0.25, 0.3) is 0 Å². The molecule has 1 aromatic rings. The minimum Gasteiger partial charge on any atom is -0.438 e. The summed E-state index contributed by atoms with van der Waals surface area (Å²) in [6.45, 7) is 4.06. The molecule has 0 saturated heterocycles. The van der Waals surface area contributed by atoms with Crippen molar-refractivity contribution in [3.05, 3.63) is 29.8 Å². The summed E-state index contributed by atoms with van der Waals surface area (Å²) in [6, 6.07) is 7.26. The topological polar surface area (TPSA) is 44.8 Å². The van der Waals surface area contributed by atoms with E-state index in [0.717, 1.165) is 25.7 Å². The molecular weight excluding hydrogens is 280 g/mol. The summed E-state index contributed by atoms with van der Waals surface area (Å²) in [4.78, 5) is 12.4. The smallest absolute Gasteiger partial charge is 0.326 e. The van der Waals surface area contributed by atoms with Gasteiger partial charge in [0, 0.05) is 27.1 Å². The van der Waals surface area contributed by atoms with Crippen LogP contribution in [-0.4, -0.2) is 26.0 Å². The Hall–Kier alpha value is -1.39. The second-order valence-electron chi connectivity index (χ2n) is 5.28. The molecule has 0 aromatic heterocycles. The Kier molecular flexibility index (Phi) is 8.13. The summed E-state index contributed by atoms with van der Waals surface area (Å²) in [6.07, 6.45) is 5.37. The van der Waals surface area contributed by atoms with Gasteiger partial charge in [-0.15, -0.1) is 0 Å². The quantitative estimate of drug-likeness (QED) is 0.341. The van der Waals surface area contributed by atoms with Crippen LogP contribution in [0.5, 0.6) is 5.75 Å². The fourth-order valence-corrected chi connectivity index (χ4v) is 2.33. The van der Waals surface area contributed by atoms with Gasteiger partial charge in [-0.3, -0.25) is 4.79 Å². The Balaban J connectivity index is 2.83. The minimum atomic E-state index is -1.15. The van der Waals surface area contributed by atoms with Crippen molar-refractivity contribution < 1.29 is 19.0 Å². The van der Waals surface area contributed by atoms with Crippen molar-refractivity contribution in [2.75, 3.05) is 14.2 Å². The number of Topliss-reactive ketones (excluding diaryl/α,β-unsaturated/α-hetero) is 1. The van der Waals surface area contributed by atoms with Gasteiger partial charge >= 0.3 is 5.97 Å². The Labute approximate surface area is 133 Å². The average Bonchev–Trinajstić information content (AvgIpc) is 2.57. The highest BCUT2D eigenvalue weighted by molar-refractivity contribution is 5.98. The zero-order valence-corrected chi connectivity index (χ0v) is 14.2. The van der Waals surface area contributed by atoms with Crippen molar-refractivity contribution in [3.8, 4) is 5.75 Å². The van der Waals surface area contributed by atoms with E-state index in [1.807, 2.05) is 19.1 Å². The molecule has 1 aromatic carbocycles. The summed E-state index contributed by atoms with van der Waals surface area (Å²) in [5.41, 5.74) is 0.589. The van der Waals surface area contributed by atoms with E-state index in [9.17, 15) is 4.79 Å². The lowest BCUT2D eigenvalue weighted by molar-refractivity contribution is -0.322. The minimum absolute atomic E-state index is 0.101. The van der Waals surface area contributed by atoms with E-state index in [-0.39, 0.29) is 5.78 Å². The van der Waals surface area contributed by atoms with Crippen LogP contribution in [0.3, 0.4) is 0 Å². The van der Waals surface area contributed by atoms with Crippen LogP contribution >= 0.6 is 0 Å². The highest BCUT2D eigenvalue weighted by atomic mass is 16.9. The molecule has 0 N–H and O–H groups in total. The molecule has 0 aliphatic carbocycles. The Morgan fingerprint density at radius 2 is 1.73 bits per heavy atom. The lowest BCUT2D eigenvalue weighted by atomic mass is 10.0. The predicted molar refractivity (Wildman–Crippen MR) is 87.2 cm³/mol. The van der Waals surface area contributed by atoms with Crippen LogP contribution in [0.25, 0.3) is 0 Å². The molecule has 0 aliphatic rings. The van der Waals surface area contributed by atoms with Gasteiger partial charge in [-0.25, -0.2) is 0 Å². The maximum absolute atomic E-state index is 12.4. The van der Waals surface area contributed by atoms with Crippen LogP contribution in [0.4, 0.5) is 0 Å². The van der Waals surface area contributed by atoms with E-state index >= 15 is 0 Å². The second kappa shape index (κ2) is 9.59. The third-order valence-corrected chi connectivity index (χ3v) is 3.77. The first kappa shape index (κ1) is 18.7. The second-order valence-corrected chi connectivity index (χ2v) is 5.28. The van der Waals surface area contributed by atoms with Gasteiger partial charge in [-0.05, 0) is 18.6 Å². The number of unbranched alkanes of at least 4 members (excludes halogenated alkanes) is 3. The molecule has 4 heteroatoms. The number of hydrogen-bond acceptors (Lipinski definition) is 4. The van der Waals surface area contributed by atoms with Crippen LogP contribution in [0.2, 0.25) is 0 Å². The monoisotopic (exact) mass is 308 g/mol. The van der Waals surface area contributed by atoms with Gasteiger partial charge < -0.3 is 14.2 Å². The number of carbonyl (C=O) groups is 1. The Bertz CT molecular complexity index is 444. The summed E-state index contributed by atoms with van der Waals surface area (Å²) in [5.74, 6) is -0.545. The molecule has 0 aliphatic heterocycles. The van der Waals surface area contributed by atoms with Gasteiger partial charge in [0.15, 0.2) is 5.78 Å². The number of methoxy groups -OCH3 is 2. The standard InChI is InChI=1S/C18H28O4/c1-5-7-8-9-13-16(19)15-12-10-11-14-17(15)22-18(6-2,20-3)21-4/h10-12,14H,5-9,13H2,1-4H3. The largest absolute Gasteiger partial charge is 0.438 e. The molecular formula is C18H28O4. The number of para-hydroxylation sites is 1. The maximum Gasteiger partial charge on any atom is 0.326 e. The highest BCUT2D eigenvalue weighted by Gasteiger charge is 2.31. The predicted octanol–water partition coefficient (Wildman–Crippen LogP) is 4.58. The zero-order chi connectivity index (χ0) is 16.4. The fraction of sp³-hybridized carbons (Fsp3) is 0.611. The van der Waals surface area contributed by atoms with Gasteiger partial charge in [0.05, 0.1) is 5.56 Å².